The highest BCUT2D eigenvalue weighted by Crippen LogP contribution is 2.33. The lowest BCUT2D eigenvalue weighted by atomic mass is 10.1. The molecule has 4 amide bonds. The Hall–Kier alpha value is -5.70. The molecule has 1 saturated heterocycles. The number of hydrogen-bond donors (Lipinski definition) is 8. The summed E-state index contributed by atoms with van der Waals surface area (Å²) in [5.41, 5.74) is -1.53. The van der Waals surface area contributed by atoms with Crippen LogP contribution in [-0.2, 0) is 31.8 Å². The van der Waals surface area contributed by atoms with E-state index in [2.05, 4.69) is 37.2 Å². The van der Waals surface area contributed by atoms with E-state index in [1.165, 1.54) is 13.0 Å². The molecule has 0 aliphatic carbocycles. The van der Waals surface area contributed by atoms with Crippen LogP contribution in [0.3, 0.4) is 0 Å². The predicted molar refractivity (Wildman–Crippen MR) is 195 cm³/mol. The summed E-state index contributed by atoms with van der Waals surface area (Å²) in [6.45, 7) is 5.03. The number of ether oxygens (including phenoxy) is 1. The molecule has 1 aliphatic heterocycles. The van der Waals surface area contributed by atoms with E-state index in [-0.39, 0.29) is 30.3 Å². The molecular weight excluding hydrogens is 709 g/mol. The number of carbonyl (C=O) groups is 4. The second-order valence-electron chi connectivity index (χ2n) is 12.7. The topological polar surface area (TPSA) is 206 Å². The van der Waals surface area contributed by atoms with Crippen molar-refractivity contribution in [2.24, 2.45) is 0 Å². The number of nitrogens with zero attached hydrogens (tertiary/aromatic N) is 1. The zero-order valence-corrected chi connectivity index (χ0v) is 29.6. The average Bonchev–Trinajstić information content (AvgIpc) is 3.13. The molecule has 8 N–H and O–H groups in total. The van der Waals surface area contributed by atoms with Gasteiger partial charge in [-0.05, 0) is 73.5 Å². The van der Waals surface area contributed by atoms with Gasteiger partial charge >= 0.3 is 6.18 Å². The molecule has 0 spiro atoms. The number of nitrogens with one attached hydrogen (secondary N) is 7. The van der Waals surface area contributed by atoms with E-state index in [1.807, 2.05) is 24.3 Å². The fourth-order valence-corrected chi connectivity index (χ4v) is 5.20. The first kappa shape index (κ1) is 41.1. The van der Waals surface area contributed by atoms with Crippen molar-refractivity contribution in [3.05, 3.63) is 83.4 Å². The molecule has 0 bridgehead atoms. The molecule has 2 atom stereocenters. The summed E-state index contributed by atoms with van der Waals surface area (Å²) in [7, 11) is 0. The Morgan fingerprint density at radius 2 is 1.46 bits per heavy atom. The highest BCUT2D eigenvalue weighted by atomic mass is 19.4. The van der Waals surface area contributed by atoms with Gasteiger partial charge in [-0.1, -0.05) is 12.1 Å². The van der Waals surface area contributed by atoms with Crippen LogP contribution in [-0.4, -0.2) is 86.3 Å². The molecule has 3 aromatic rings. The summed E-state index contributed by atoms with van der Waals surface area (Å²) in [6, 6.07) is 17.8. The fraction of sp³-hybridized carbons (Fsp3) is 0.378. The van der Waals surface area contributed by atoms with Crippen molar-refractivity contribution in [2.75, 3.05) is 61.8 Å². The van der Waals surface area contributed by atoms with Gasteiger partial charge in [-0.3, -0.25) is 24.5 Å². The molecule has 0 saturated carbocycles. The van der Waals surface area contributed by atoms with Crippen LogP contribution in [0.15, 0.2) is 66.7 Å². The van der Waals surface area contributed by atoms with E-state index in [0.29, 0.717) is 37.9 Å². The second-order valence-corrected chi connectivity index (χ2v) is 12.7. The van der Waals surface area contributed by atoms with Crippen LogP contribution in [0, 0.1) is 11.3 Å². The first-order valence-electron chi connectivity index (χ1n) is 17.2. The molecule has 17 heteroatoms. The number of benzene rings is 3. The molecule has 2 unspecified atom stereocenters. The number of piperidine rings is 1. The van der Waals surface area contributed by atoms with Gasteiger partial charge in [0.2, 0.25) is 17.7 Å². The van der Waals surface area contributed by atoms with Gasteiger partial charge in [-0.15, -0.1) is 0 Å². The van der Waals surface area contributed by atoms with Gasteiger partial charge in [0, 0.05) is 62.8 Å². The van der Waals surface area contributed by atoms with Crippen LogP contribution in [0.4, 0.5) is 30.2 Å². The number of carbonyl (C=O) groups excluding carboxylic acids is 4. The highest BCUT2D eigenvalue weighted by molar-refractivity contribution is 6.01. The number of amides is 4. The second kappa shape index (κ2) is 19.4. The number of alkyl halides is 3. The zero-order valence-electron chi connectivity index (χ0n) is 29.6. The monoisotopic (exact) mass is 752 g/mol. The number of imide groups is 1. The van der Waals surface area contributed by atoms with Crippen molar-refractivity contribution < 1.29 is 42.2 Å². The van der Waals surface area contributed by atoms with Crippen LogP contribution in [0.2, 0.25) is 0 Å². The largest absolute Gasteiger partial charge is 0.490 e. The normalized spacial score (nSPS) is 15.3. The van der Waals surface area contributed by atoms with Crippen molar-refractivity contribution in [3.8, 4) is 11.8 Å². The van der Waals surface area contributed by atoms with Crippen LogP contribution >= 0.6 is 0 Å². The Labute approximate surface area is 310 Å². The van der Waals surface area contributed by atoms with E-state index in [9.17, 15) is 37.5 Å². The molecule has 14 nitrogen and oxygen atoms in total. The third-order valence-electron chi connectivity index (χ3n) is 8.20. The quantitative estimate of drug-likeness (QED) is 0.0660. The maximum atomic E-state index is 13.2. The molecule has 288 valence electrons. The summed E-state index contributed by atoms with van der Waals surface area (Å²) in [4.78, 5) is 48.0. The number of hydrogen-bond acceptors (Lipinski definition) is 11. The lowest BCUT2D eigenvalue weighted by Crippen LogP contribution is -2.52. The minimum absolute atomic E-state index is 0.131. The predicted octanol–water partition coefficient (Wildman–Crippen LogP) is 2.51. The summed E-state index contributed by atoms with van der Waals surface area (Å²) >= 11 is 0. The Balaban J connectivity index is 1.03. The average molecular weight is 753 g/mol. The van der Waals surface area contributed by atoms with Crippen molar-refractivity contribution in [3.63, 3.8) is 0 Å². The Morgan fingerprint density at radius 1 is 0.889 bits per heavy atom. The number of nitriles is 1. The van der Waals surface area contributed by atoms with Gasteiger partial charge in [0.05, 0.1) is 23.6 Å². The Kier molecular flexibility index (Phi) is 14.7. The van der Waals surface area contributed by atoms with Crippen LogP contribution in [0.25, 0.3) is 0 Å². The van der Waals surface area contributed by atoms with E-state index < -0.39 is 47.4 Å². The number of anilines is 3. The van der Waals surface area contributed by atoms with E-state index in [0.717, 1.165) is 48.7 Å². The Bertz CT molecular complexity index is 1800. The van der Waals surface area contributed by atoms with Crippen molar-refractivity contribution in [1.29, 1.82) is 5.26 Å². The zero-order chi connectivity index (χ0) is 39.1. The molecule has 3 aromatic carbocycles. The number of aliphatic hydroxyl groups is 1. The smallest absolute Gasteiger partial charge is 0.417 e. The van der Waals surface area contributed by atoms with Crippen molar-refractivity contribution in [2.45, 2.75) is 44.0 Å². The molecule has 54 heavy (non-hydrogen) atoms. The molecular formula is C37H43F3N8O6. The van der Waals surface area contributed by atoms with Crippen LogP contribution < -0.4 is 42.0 Å². The molecule has 1 heterocycles. The molecule has 1 fully saturated rings. The summed E-state index contributed by atoms with van der Waals surface area (Å²) < 4.78 is 45.3. The molecule has 0 radical (unpaired) electrons. The molecule has 0 aromatic heterocycles. The SMILES string of the molecule is CC(O)(COc1ccc(NCCNCCNCCNc2ccc(CC(=O)NC3CCC(=O)NC3=O)cc2)cc1)C(=O)Nc1ccc(C#N)c(C(F)(F)F)c1. The van der Waals surface area contributed by atoms with Crippen molar-refractivity contribution in [1.82, 2.24) is 21.3 Å². The standard InChI is InChI=1S/C37H43F3N8O6/c1-36(53,35(52)46-28-7-4-25(22-41)30(21-28)37(38,39)40)23-54-29-10-8-27(9-11-29)45-19-17-43-15-14-42-16-18-44-26-5-2-24(3-6-26)20-33(50)47-31-12-13-32(49)48-34(31)51/h2-11,21,31,42-45,53H,12-20,23H2,1H3,(H,46,52)(H,47,50)(H,48,49,51). The van der Waals surface area contributed by atoms with Crippen molar-refractivity contribution >= 4 is 40.7 Å². The lowest BCUT2D eigenvalue weighted by Gasteiger charge is -2.23. The van der Waals surface area contributed by atoms with E-state index >= 15 is 0 Å². The van der Waals surface area contributed by atoms with Gasteiger partial charge < -0.3 is 41.7 Å². The molecule has 1 aliphatic rings. The maximum Gasteiger partial charge on any atom is 0.417 e. The van der Waals surface area contributed by atoms with Gasteiger partial charge in [0.1, 0.15) is 18.4 Å². The maximum absolute atomic E-state index is 13.2. The van der Waals surface area contributed by atoms with E-state index in [1.54, 1.807) is 24.3 Å². The van der Waals surface area contributed by atoms with Gasteiger partial charge in [-0.2, -0.15) is 18.4 Å². The summed E-state index contributed by atoms with van der Waals surface area (Å²) in [5, 5.41) is 39.9. The first-order chi connectivity index (χ1) is 25.7. The van der Waals surface area contributed by atoms with Crippen LogP contribution in [0.1, 0.15) is 36.5 Å². The third kappa shape index (κ3) is 13.1. The van der Waals surface area contributed by atoms with Crippen LogP contribution in [0.5, 0.6) is 5.75 Å². The summed E-state index contributed by atoms with van der Waals surface area (Å²) in [5.74, 6) is -1.69. The van der Waals surface area contributed by atoms with Gasteiger partial charge in [0.15, 0.2) is 5.60 Å². The number of rotatable bonds is 19. The third-order valence-corrected chi connectivity index (χ3v) is 8.20. The van der Waals surface area contributed by atoms with Gasteiger partial charge in [-0.25, -0.2) is 0 Å². The molecule has 4 rings (SSSR count). The Morgan fingerprint density at radius 3 is 2.04 bits per heavy atom. The minimum atomic E-state index is -4.79. The van der Waals surface area contributed by atoms with Gasteiger partial charge in [0.25, 0.3) is 5.91 Å². The highest BCUT2D eigenvalue weighted by Gasteiger charge is 2.35. The van der Waals surface area contributed by atoms with E-state index in [4.69, 9.17) is 10.00 Å². The minimum Gasteiger partial charge on any atom is -0.490 e. The lowest BCUT2D eigenvalue weighted by molar-refractivity contribution is -0.138. The fourth-order valence-electron chi connectivity index (χ4n) is 5.20. The summed E-state index contributed by atoms with van der Waals surface area (Å²) in [6.07, 6.45) is -4.16. The first-order valence-corrected chi connectivity index (χ1v) is 17.2. The number of halogens is 3.